The number of fused-ring (bicyclic) bond motifs is 1. The van der Waals surface area contributed by atoms with Crippen molar-refractivity contribution in [3.8, 4) is 11.4 Å². The molecule has 6 nitrogen and oxygen atoms in total. The third kappa shape index (κ3) is 5.04. The molecule has 0 unspecified atom stereocenters. The van der Waals surface area contributed by atoms with Crippen LogP contribution in [0.4, 0.5) is 0 Å². The first-order valence-electron chi connectivity index (χ1n) is 10.8. The van der Waals surface area contributed by atoms with Gasteiger partial charge in [0.1, 0.15) is 17.5 Å². The van der Waals surface area contributed by atoms with E-state index in [0.717, 1.165) is 5.56 Å². The molecule has 3 aromatic rings. The van der Waals surface area contributed by atoms with E-state index in [-0.39, 0.29) is 5.56 Å². The van der Waals surface area contributed by atoms with Crippen LogP contribution in [0.25, 0.3) is 22.3 Å². The van der Waals surface area contributed by atoms with Gasteiger partial charge in [-0.3, -0.25) is 10.2 Å². The quantitative estimate of drug-likeness (QED) is 0.301. The lowest BCUT2D eigenvalue weighted by molar-refractivity contribution is 0.619. The first kappa shape index (κ1) is 25.9. The zero-order valence-corrected chi connectivity index (χ0v) is 22.0. The summed E-state index contributed by atoms with van der Waals surface area (Å²) in [7, 11) is 3.63. The molecule has 0 atom stereocenters. The zero-order chi connectivity index (χ0) is 25.2. The summed E-state index contributed by atoms with van der Waals surface area (Å²) in [6.45, 7) is 5.61. The molecule has 1 heterocycles. The first-order chi connectivity index (χ1) is 16.1. The minimum atomic E-state index is -0.311. The Kier molecular flexibility index (Phi) is 8.18. The average Bonchev–Trinajstić information content (AvgIpc) is 2.82. The Hall–Kier alpha value is -2.67. The fourth-order valence-corrected chi connectivity index (χ4v) is 4.00. The molecule has 0 aliphatic carbocycles. The van der Waals surface area contributed by atoms with Crippen molar-refractivity contribution < 1.29 is 0 Å². The number of nitrogens with zero attached hydrogens (tertiary/aromatic N) is 4. The van der Waals surface area contributed by atoms with Crippen molar-refractivity contribution in [2.45, 2.75) is 33.6 Å². The van der Waals surface area contributed by atoms with E-state index in [1.165, 1.54) is 4.57 Å². The summed E-state index contributed by atoms with van der Waals surface area (Å²) in [5.74, 6) is 1.26. The topological polar surface area (TPSA) is 74.3 Å². The molecule has 9 heteroatoms. The Morgan fingerprint density at radius 2 is 1.79 bits per heavy atom. The van der Waals surface area contributed by atoms with Crippen LogP contribution in [0.5, 0.6) is 0 Å². The number of aliphatic imine (C=N–C) groups is 1. The number of rotatable bonds is 5. The van der Waals surface area contributed by atoms with E-state index in [0.29, 0.717) is 67.4 Å². The molecule has 0 spiro atoms. The highest BCUT2D eigenvalue weighted by atomic mass is 35.5. The van der Waals surface area contributed by atoms with E-state index in [4.69, 9.17) is 45.2 Å². The molecule has 0 aliphatic rings. The van der Waals surface area contributed by atoms with Gasteiger partial charge in [0.15, 0.2) is 0 Å². The Bertz CT molecular complexity index is 1370. The predicted molar refractivity (Wildman–Crippen MR) is 144 cm³/mol. The van der Waals surface area contributed by atoms with Crippen LogP contribution in [0.2, 0.25) is 10.0 Å². The molecule has 0 saturated carbocycles. The fraction of sp³-hybridized carbons (Fsp3) is 0.280. The lowest BCUT2D eigenvalue weighted by atomic mass is 10.1. The minimum absolute atomic E-state index is 0.297. The maximum Gasteiger partial charge on any atom is 0.267 e. The average molecular weight is 519 g/mol. The molecule has 2 aromatic carbocycles. The second-order valence-electron chi connectivity index (χ2n) is 7.91. The summed E-state index contributed by atoms with van der Waals surface area (Å²) < 4.78 is 1.49. The number of halogens is 3. The van der Waals surface area contributed by atoms with Crippen molar-refractivity contribution in [2.75, 3.05) is 14.1 Å². The molecule has 3 rings (SSSR count). The van der Waals surface area contributed by atoms with Crippen LogP contribution in [0.3, 0.4) is 0 Å². The molecule has 0 radical (unpaired) electrons. The Balaban J connectivity index is 2.39. The number of allylic oxidation sites excluding steroid dienone is 1. The van der Waals surface area contributed by atoms with Gasteiger partial charge in [0, 0.05) is 47.9 Å². The van der Waals surface area contributed by atoms with Gasteiger partial charge in [0.2, 0.25) is 0 Å². The number of amidine groups is 1. The zero-order valence-electron chi connectivity index (χ0n) is 19.7. The molecular formula is C25H26Cl3N5O. The largest absolute Gasteiger partial charge is 0.363 e. The lowest BCUT2D eigenvalue weighted by Crippen LogP contribution is -2.30. The summed E-state index contributed by atoms with van der Waals surface area (Å²) in [5.41, 5.74) is 2.10. The molecule has 0 amide bonds. The van der Waals surface area contributed by atoms with Crippen LogP contribution < -0.4 is 5.56 Å². The highest BCUT2D eigenvalue weighted by Gasteiger charge is 2.20. The molecular weight excluding hydrogens is 493 g/mol. The summed E-state index contributed by atoms with van der Waals surface area (Å²) in [4.78, 5) is 24.9. The van der Waals surface area contributed by atoms with Gasteiger partial charge in [0.05, 0.1) is 15.9 Å². The molecule has 1 aromatic heterocycles. The van der Waals surface area contributed by atoms with Gasteiger partial charge in [-0.2, -0.15) is 0 Å². The van der Waals surface area contributed by atoms with Crippen molar-refractivity contribution in [3.63, 3.8) is 0 Å². The number of hydrogen-bond donors (Lipinski definition) is 1. The molecule has 34 heavy (non-hydrogen) atoms. The van der Waals surface area contributed by atoms with E-state index < -0.39 is 0 Å². The molecule has 0 saturated heterocycles. The predicted octanol–water partition coefficient (Wildman–Crippen LogP) is 6.71. The van der Waals surface area contributed by atoms with Gasteiger partial charge < -0.3 is 4.90 Å². The van der Waals surface area contributed by atoms with Gasteiger partial charge in [0.25, 0.3) is 5.56 Å². The smallest absolute Gasteiger partial charge is 0.267 e. The number of aromatic nitrogens is 2. The van der Waals surface area contributed by atoms with Crippen molar-refractivity contribution in [1.29, 1.82) is 5.41 Å². The highest BCUT2D eigenvalue weighted by Crippen LogP contribution is 2.31. The van der Waals surface area contributed by atoms with E-state index >= 15 is 0 Å². The molecule has 178 valence electrons. The third-order valence-corrected chi connectivity index (χ3v) is 6.47. The fourth-order valence-electron chi connectivity index (χ4n) is 3.45. The third-order valence-electron chi connectivity index (χ3n) is 5.43. The van der Waals surface area contributed by atoms with Crippen molar-refractivity contribution >= 4 is 57.4 Å². The molecule has 1 N–H and O–H groups in total. The summed E-state index contributed by atoms with van der Waals surface area (Å²) in [6, 6.07) is 8.90. The summed E-state index contributed by atoms with van der Waals surface area (Å²) in [6.07, 6.45) is 2.64. The standard InChI is InChI=1S/C25H26Cl3N5O/c1-6-17(26)13-30-20(7-2)33-24(16-10-8-15(9-11-16)23(29)32(4)5)31-22-19(28)12-18(27)14(3)21(22)25(33)34/h8-13,29H,6-7H2,1-5H3/b17-13+,29-23?,30-20?. The molecule has 0 aliphatic heterocycles. The van der Waals surface area contributed by atoms with E-state index in [1.807, 2.05) is 52.2 Å². The lowest BCUT2D eigenvalue weighted by Gasteiger charge is -2.17. The van der Waals surface area contributed by atoms with Crippen LogP contribution in [-0.2, 0) is 0 Å². The van der Waals surface area contributed by atoms with Crippen LogP contribution in [0.1, 0.15) is 37.8 Å². The number of benzene rings is 2. The number of nitrogens with one attached hydrogen (secondary N) is 1. The maximum atomic E-state index is 13.9. The highest BCUT2D eigenvalue weighted by molar-refractivity contribution is 6.39. The second-order valence-corrected chi connectivity index (χ2v) is 9.21. The Morgan fingerprint density at radius 1 is 1.15 bits per heavy atom. The van der Waals surface area contributed by atoms with E-state index in [2.05, 4.69) is 4.99 Å². The normalized spacial score (nSPS) is 12.4. The van der Waals surface area contributed by atoms with Gasteiger partial charge in [-0.05, 0) is 25.0 Å². The van der Waals surface area contributed by atoms with Crippen LogP contribution >= 0.6 is 34.8 Å². The number of aryl methyl sites for hydroxylation is 1. The van der Waals surface area contributed by atoms with Crippen LogP contribution in [0.15, 0.2) is 51.4 Å². The summed E-state index contributed by atoms with van der Waals surface area (Å²) >= 11 is 19.0. The van der Waals surface area contributed by atoms with Gasteiger partial charge in [-0.25, -0.2) is 14.5 Å². The van der Waals surface area contributed by atoms with Crippen LogP contribution in [-0.4, -0.2) is 40.2 Å². The van der Waals surface area contributed by atoms with Crippen molar-refractivity contribution in [2.24, 2.45) is 4.99 Å². The summed E-state index contributed by atoms with van der Waals surface area (Å²) in [5, 5.41) is 9.82. The van der Waals surface area contributed by atoms with E-state index in [1.54, 1.807) is 24.1 Å². The Morgan fingerprint density at radius 3 is 2.35 bits per heavy atom. The van der Waals surface area contributed by atoms with E-state index in [9.17, 15) is 4.79 Å². The van der Waals surface area contributed by atoms with Gasteiger partial charge in [-0.15, -0.1) is 0 Å². The van der Waals surface area contributed by atoms with Crippen molar-refractivity contribution in [1.82, 2.24) is 14.5 Å². The van der Waals surface area contributed by atoms with Gasteiger partial charge >= 0.3 is 0 Å². The Labute approximate surface area is 214 Å². The SMILES string of the molecule is CCC(=N/C=C(/Cl)CC)n1c(-c2ccc(C(=N)N(C)C)cc2)nc2c(Cl)cc(Cl)c(C)c2c1=O. The van der Waals surface area contributed by atoms with Gasteiger partial charge in [-0.1, -0.05) is 72.9 Å². The number of hydrogen-bond acceptors (Lipinski definition) is 4. The monoisotopic (exact) mass is 517 g/mol. The van der Waals surface area contributed by atoms with Crippen molar-refractivity contribution in [3.05, 3.63) is 73.1 Å². The second kappa shape index (κ2) is 10.7. The molecule has 0 bridgehead atoms. The molecule has 0 fully saturated rings. The first-order valence-corrected chi connectivity index (χ1v) is 11.9. The maximum absolute atomic E-state index is 13.9. The minimum Gasteiger partial charge on any atom is -0.363 e. The van der Waals surface area contributed by atoms with Crippen LogP contribution in [0, 0.1) is 12.3 Å².